The van der Waals surface area contributed by atoms with Crippen LogP contribution in [0.4, 0.5) is 0 Å². The number of hydrogen-bond donors (Lipinski definition) is 0. The Morgan fingerprint density at radius 2 is 1.55 bits per heavy atom. The van der Waals surface area contributed by atoms with Gasteiger partial charge in [-0.3, -0.25) is 9.59 Å². The van der Waals surface area contributed by atoms with E-state index < -0.39 is 0 Å². The second-order valence-electron chi connectivity index (χ2n) is 14.3. The Bertz CT molecular complexity index is 929. The van der Waals surface area contributed by atoms with Gasteiger partial charge >= 0.3 is 5.97 Å². The molecule has 3 nitrogen and oxygen atoms in total. The van der Waals surface area contributed by atoms with Gasteiger partial charge in [0.1, 0.15) is 6.10 Å². The lowest BCUT2D eigenvalue weighted by Gasteiger charge is -2.72. The van der Waals surface area contributed by atoms with Crippen molar-refractivity contribution in [3.63, 3.8) is 0 Å². The van der Waals surface area contributed by atoms with Gasteiger partial charge in [0, 0.05) is 18.8 Å². The number of allylic oxidation sites excluding steroid dienone is 2. The third-order valence-corrected chi connectivity index (χ3v) is 12.7. The Morgan fingerprint density at radius 1 is 0.848 bits per heavy atom. The minimum atomic E-state index is -0.134. The van der Waals surface area contributed by atoms with Crippen LogP contribution in [0.25, 0.3) is 0 Å². The van der Waals surface area contributed by atoms with E-state index in [1.165, 1.54) is 38.5 Å². The Hall–Kier alpha value is -1.12. The molecule has 0 radical (unpaired) electrons. The van der Waals surface area contributed by atoms with Gasteiger partial charge < -0.3 is 4.74 Å². The molecule has 3 heteroatoms. The predicted octanol–water partition coefficient (Wildman–Crippen LogP) is 7.28. The van der Waals surface area contributed by atoms with E-state index in [0.29, 0.717) is 29.0 Å². The summed E-state index contributed by atoms with van der Waals surface area (Å²) in [6.07, 6.45) is 10.4. The SMILES string of the molecule is CC(=O)O[C@H]1CC[C@@]2(C)C(CC[C@]3(C)C2CCC2C4=C(C)C(=O)C[C@]4(C)CC[C@]23C)C1(C)C. The maximum atomic E-state index is 12.8. The molecule has 0 aromatic rings. The number of esters is 1. The summed E-state index contributed by atoms with van der Waals surface area (Å²) in [4.78, 5) is 24.6. The van der Waals surface area contributed by atoms with Crippen molar-refractivity contribution in [3.8, 4) is 0 Å². The molecule has 184 valence electrons. The summed E-state index contributed by atoms with van der Waals surface area (Å²) in [5.74, 6) is 2.12. The molecule has 0 heterocycles. The molecule has 5 rings (SSSR count). The highest BCUT2D eigenvalue weighted by Gasteiger charge is 2.69. The lowest BCUT2D eigenvalue weighted by Crippen LogP contribution is -2.65. The van der Waals surface area contributed by atoms with Gasteiger partial charge in [0.15, 0.2) is 5.78 Å². The quantitative estimate of drug-likeness (QED) is 0.391. The minimum Gasteiger partial charge on any atom is -0.462 e. The molecule has 0 N–H and O–H groups in total. The Morgan fingerprint density at radius 3 is 2.21 bits per heavy atom. The third-order valence-electron chi connectivity index (χ3n) is 12.7. The van der Waals surface area contributed by atoms with Crippen molar-refractivity contribution >= 4 is 11.8 Å². The summed E-state index contributed by atoms with van der Waals surface area (Å²) in [5.41, 5.74) is 3.63. The molecule has 0 spiro atoms. The summed E-state index contributed by atoms with van der Waals surface area (Å²) in [7, 11) is 0. The summed E-state index contributed by atoms with van der Waals surface area (Å²) in [6, 6.07) is 0. The molecule has 0 aliphatic heterocycles. The first kappa shape index (κ1) is 23.6. The molecule has 0 aromatic heterocycles. The Balaban J connectivity index is 1.53. The number of fused-ring (bicyclic) bond motifs is 7. The van der Waals surface area contributed by atoms with Gasteiger partial charge in [-0.25, -0.2) is 0 Å². The van der Waals surface area contributed by atoms with Crippen LogP contribution in [-0.4, -0.2) is 17.9 Å². The lowest BCUT2D eigenvalue weighted by molar-refractivity contribution is -0.232. The van der Waals surface area contributed by atoms with Gasteiger partial charge in [0.25, 0.3) is 0 Å². The fourth-order valence-corrected chi connectivity index (χ4v) is 10.9. The van der Waals surface area contributed by atoms with Crippen molar-refractivity contribution in [2.75, 3.05) is 0 Å². The number of hydrogen-bond acceptors (Lipinski definition) is 3. The molecule has 3 unspecified atom stereocenters. The van der Waals surface area contributed by atoms with E-state index in [-0.39, 0.29) is 33.7 Å². The zero-order valence-electron chi connectivity index (χ0n) is 22.4. The van der Waals surface area contributed by atoms with E-state index in [2.05, 4.69) is 48.5 Å². The minimum absolute atomic E-state index is 0.0138. The largest absolute Gasteiger partial charge is 0.462 e. The van der Waals surface area contributed by atoms with Gasteiger partial charge in [-0.15, -0.1) is 0 Å². The van der Waals surface area contributed by atoms with E-state index in [1.54, 1.807) is 12.5 Å². The van der Waals surface area contributed by atoms with Crippen LogP contribution in [0.5, 0.6) is 0 Å². The third kappa shape index (κ3) is 2.86. The smallest absolute Gasteiger partial charge is 0.302 e. The summed E-state index contributed by atoms with van der Waals surface area (Å²) in [5, 5.41) is 0. The van der Waals surface area contributed by atoms with Crippen molar-refractivity contribution in [3.05, 3.63) is 11.1 Å². The van der Waals surface area contributed by atoms with Crippen LogP contribution in [0.3, 0.4) is 0 Å². The zero-order chi connectivity index (χ0) is 24.2. The van der Waals surface area contributed by atoms with Crippen molar-refractivity contribution < 1.29 is 14.3 Å². The fourth-order valence-electron chi connectivity index (χ4n) is 10.9. The van der Waals surface area contributed by atoms with Gasteiger partial charge in [-0.1, -0.05) is 47.1 Å². The van der Waals surface area contributed by atoms with E-state index >= 15 is 0 Å². The summed E-state index contributed by atoms with van der Waals surface area (Å²) < 4.78 is 5.87. The zero-order valence-corrected chi connectivity index (χ0v) is 22.4. The maximum Gasteiger partial charge on any atom is 0.302 e. The van der Waals surface area contributed by atoms with Gasteiger partial charge in [-0.2, -0.15) is 0 Å². The second kappa shape index (κ2) is 6.97. The maximum absolute atomic E-state index is 12.8. The Kier molecular flexibility index (Phi) is 4.99. The normalized spacial score (nSPS) is 50.7. The molecule has 5 aliphatic rings. The molecule has 0 saturated heterocycles. The predicted molar refractivity (Wildman–Crippen MR) is 131 cm³/mol. The van der Waals surface area contributed by atoms with Crippen LogP contribution < -0.4 is 0 Å². The molecule has 4 saturated carbocycles. The van der Waals surface area contributed by atoms with Crippen LogP contribution in [0, 0.1) is 44.8 Å². The van der Waals surface area contributed by atoms with Crippen LogP contribution in [0.15, 0.2) is 11.1 Å². The van der Waals surface area contributed by atoms with Crippen LogP contribution in [0.2, 0.25) is 0 Å². The van der Waals surface area contributed by atoms with Crippen LogP contribution >= 0.6 is 0 Å². The summed E-state index contributed by atoms with van der Waals surface area (Å²) in [6.45, 7) is 18.6. The summed E-state index contributed by atoms with van der Waals surface area (Å²) >= 11 is 0. The lowest BCUT2D eigenvalue weighted by atomic mass is 9.33. The number of carbonyl (C=O) groups excluding carboxylic acids is 2. The monoisotopic (exact) mass is 454 g/mol. The Labute approximate surface area is 201 Å². The average molecular weight is 455 g/mol. The number of ether oxygens (including phenoxy) is 1. The van der Waals surface area contributed by atoms with E-state index in [0.717, 1.165) is 24.8 Å². The van der Waals surface area contributed by atoms with Gasteiger partial charge in [0.05, 0.1) is 0 Å². The molecular formula is C30H46O3. The molecule has 5 aliphatic carbocycles. The number of rotatable bonds is 1. The first-order valence-electron chi connectivity index (χ1n) is 13.6. The highest BCUT2D eigenvalue weighted by atomic mass is 16.5. The average Bonchev–Trinajstić information content (AvgIpc) is 2.94. The first-order chi connectivity index (χ1) is 15.2. The van der Waals surface area contributed by atoms with E-state index in [1.807, 2.05) is 0 Å². The highest BCUT2D eigenvalue weighted by Crippen LogP contribution is 2.76. The van der Waals surface area contributed by atoms with Crippen molar-refractivity contribution in [1.82, 2.24) is 0 Å². The van der Waals surface area contributed by atoms with E-state index in [9.17, 15) is 9.59 Å². The second-order valence-corrected chi connectivity index (χ2v) is 14.3. The van der Waals surface area contributed by atoms with Crippen LogP contribution in [0.1, 0.15) is 113 Å². The molecule has 0 amide bonds. The van der Waals surface area contributed by atoms with Crippen molar-refractivity contribution in [2.24, 2.45) is 44.8 Å². The van der Waals surface area contributed by atoms with Crippen LogP contribution in [-0.2, 0) is 14.3 Å². The van der Waals surface area contributed by atoms with Crippen molar-refractivity contribution in [1.29, 1.82) is 0 Å². The fraction of sp³-hybridized carbons (Fsp3) is 0.867. The number of carbonyl (C=O) groups is 2. The van der Waals surface area contributed by atoms with Crippen molar-refractivity contribution in [2.45, 2.75) is 119 Å². The molecule has 33 heavy (non-hydrogen) atoms. The van der Waals surface area contributed by atoms with Gasteiger partial charge in [0.2, 0.25) is 0 Å². The van der Waals surface area contributed by atoms with E-state index in [4.69, 9.17) is 4.74 Å². The number of ketones is 1. The molecule has 0 aromatic carbocycles. The molecule has 0 bridgehead atoms. The topological polar surface area (TPSA) is 43.4 Å². The first-order valence-corrected chi connectivity index (χ1v) is 13.6. The molecular weight excluding hydrogens is 408 g/mol. The molecule has 4 fully saturated rings. The number of Topliss-reactive ketones (excluding diaryl/α,β-unsaturated/α-hetero) is 1. The standard InChI is InChI=1S/C30H46O3/c1-18-21(32)17-27(5)15-16-29(7)20(25(18)27)9-10-23-28(6)13-12-24(33-19(2)31)26(3,4)22(28)11-14-30(23,29)8/h20,22-24H,9-17H2,1-8H3/t20?,22?,23?,24-,27-,28-,29+,30+/m0/s1. The highest BCUT2D eigenvalue weighted by molar-refractivity contribution is 5.99. The molecule has 8 atom stereocenters. The van der Waals surface area contributed by atoms with Gasteiger partial charge in [-0.05, 0) is 103 Å².